The largest absolute Gasteiger partial charge is 0.390 e. The molecule has 0 heterocycles. The molecule has 35 heavy (non-hydrogen) atoms. The molecule has 2 aromatic carbocycles. The van der Waals surface area contributed by atoms with Gasteiger partial charge >= 0.3 is 0 Å². The van der Waals surface area contributed by atoms with Gasteiger partial charge in [0.1, 0.15) is 12.2 Å². The number of benzene rings is 2. The third kappa shape index (κ3) is 11.8. The average Bonchev–Trinajstić information content (AvgIpc) is 2.88. The van der Waals surface area contributed by atoms with Crippen LogP contribution in [-0.2, 0) is 22.7 Å². The van der Waals surface area contributed by atoms with E-state index in [-0.39, 0.29) is 13.2 Å². The van der Waals surface area contributed by atoms with Gasteiger partial charge in [0.05, 0.1) is 32.4 Å². The van der Waals surface area contributed by atoms with Gasteiger partial charge < -0.3 is 14.6 Å². The summed E-state index contributed by atoms with van der Waals surface area (Å²) in [6.45, 7) is 6.34. The Hall–Kier alpha value is -3.72. The van der Waals surface area contributed by atoms with Gasteiger partial charge in [0.15, 0.2) is 0 Å². The lowest BCUT2D eigenvalue weighted by atomic mass is 10.2. The highest BCUT2D eigenvalue weighted by atomic mass is 19.3. The topological polar surface area (TPSA) is 136 Å². The van der Waals surface area contributed by atoms with Crippen LogP contribution in [0, 0.1) is 0 Å². The highest BCUT2D eigenvalue weighted by Gasteiger charge is 2.37. The summed E-state index contributed by atoms with van der Waals surface area (Å²) in [7, 11) is 0. The Morgan fingerprint density at radius 2 is 1.40 bits per heavy atom. The first-order chi connectivity index (χ1) is 16.9. The molecule has 186 valence electrons. The molecule has 0 unspecified atom stereocenters. The van der Waals surface area contributed by atoms with E-state index in [0.717, 1.165) is 17.2 Å². The molecule has 9 nitrogen and oxygen atoms in total. The minimum atomic E-state index is -3.26. The van der Waals surface area contributed by atoms with Crippen molar-refractivity contribution in [1.29, 1.82) is 0 Å². The Bertz CT molecular complexity index is 981. The molecule has 0 amide bonds. The molecule has 0 aromatic heterocycles. The van der Waals surface area contributed by atoms with Crippen LogP contribution in [0.5, 0.6) is 0 Å². The van der Waals surface area contributed by atoms with Gasteiger partial charge in [-0.15, -0.1) is 13.2 Å². The van der Waals surface area contributed by atoms with Crippen molar-refractivity contribution >= 4 is 0 Å². The van der Waals surface area contributed by atoms with Gasteiger partial charge in [-0.05, 0) is 22.2 Å². The van der Waals surface area contributed by atoms with Gasteiger partial charge in [-0.3, -0.25) is 0 Å². The molecular weight excluding hydrogens is 458 g/mol. The van der Waals surface area contributed by atoms with Crippen LogP contribution < -0.4 is 0 Å². The van der Waals surface area contributed by atoms with Crippen LogP contribution in [0.4, 0.5) is 8.78 Å². The highest BCUT2D eigenvalue weighted by molar-refractivity contribution is 5.14. The molecule has 0 aliphatic heterocycles. The molecule has 2 aromatic rings. The zero-order chi connectivity index (χ0) is 25.9. The Labute approximate surface area is 202 Å². The van der Waals surface area contributed by atoms with E-state index < -0.39 is 30.8 Å². The average molecular weight is 487 g/mol. The smallest absolute Gasteiger partial charge is 0.282 e. The standard InChI is InChI=1S/C12H13F2N3O.C12H15N3O2/c1-2-11(12(13,14)9-16-17-15)18-8-10-6-4-3-5-7-10;1-2-12(11(16)8-14-15-13)17-9-10-6-4-3-5-7-10/h2-7,11H,1,8-9H2;2-7,11-12,16H,1,8-9H2/t11-;11-,12+/m10/s1. The van der Waals surface area contributed by atoms with Gasteiger partial charge in [0.25, 0.3) is 5.92 Å². The Morgan fingerprint density at radius 3 is 1.86 bits per heavy atom. The molecule has 1 N–H and O–H groups in total. The van der Waals surface area contributed by atoms with E-state index in [2.05, 4.69) is 33.2 Å². The van der Waals surface area contributed by atoms with E-state index >= 15 is 0 Å². The van der Waals surface area contributed by atoms with Crippen molar-refractivity contribution in [3.63, 3.8) is 0 Å². The number of nitrogens with zero attached hydrogens (tertiary/aromatic N) is 6. The van der Waals surface area contributed by atoms with E-state index in [1.54, 1.807) is 24.3 Å². The number of azide groups is 2. The van der Waals surface area contributed by atoms with Gasteiger partial charge in [-0.1, -0.05) is 83.0 Å². The lowest BCUT2D eigenvalue weighted by Gasteiger charge is -2.22. The monoisotopic (exact) mass is 486 g/mol. The highest BCUT2D eigenvalue weighted by Crippen LogP contribution is 2.24. The Morgan fingerprint density at radius 1 is 0.886 bits per heavy atom. The lowest BCUT2D eigenvalue weighted by molar-refractivity contribution is -0.113. The second-order valence-corrected chi connectivity index (χ2v) is 7.08. The second kappa shape index (κ2) is 16.8. The number of aliphatic hydroxyl groups is 1. The Kier molecular flexibility index (Phi) is 14.1. The van der Waals surface area contributed by atoms with Gasteiger partial charge in [-0.25, -0.2) is 8.78 Å². The summed E-state index contributed by atoms with van der Waals surface area (Å²) < 4.78 is 37.6. The minimum absolute atomic E-state index is 0.0258. The molecule has 0 bridgehead atoms. The summed E-state index contributed by atoms with van der Waals surface area (Å²) in [5.74, 6) is -3.26. The molecule has 0 saturated heterocycles. The first-order valence-corrected chi connectivity index (χ1v) is 10.5. The minimum Gasteiger partial charge on any atom is -0.390 e. The fraction of sp³-hybridized carbons (Fsp3) is 0.333. The third-order valence-electron chi connectivity index (χ3n) is 4.48. The molecule has 0 saturated carbocycles. The van der Waals surface area contributed by atoms with Crippen LogP contribution in [0.15, 0.2) is 96.2 Å². The molecule has 0 fully saturated rings. The van der Waals surface area contributed by atoms with Crippen molar-refractivity contribution in [2.45, 2.75) is 37.4 Å². The predicted molar refractivity (Wildman–Crippen MR) is 129 cm³/mol. The number of aliphatic hydroxyl groups excluding tert-OH is 1. The SMILES string of the molecule is C=C[C@@H](OCc1ccccc1)C(F)(F)CN=[N+]=[N-].C=C[C@@H](OCc1ccccc1)[C@@H](O)CN=[N+]=[N-]. The number of halogens is 2. The normalized spacial score (nSPS) is 13.0. The summed E-state index contributed by atoms with van der Waals surface area (Å²) in [4.78, 5) is 4.90. The maximum Gasteiger partial charge on any atom is 0.282 e. The first kappa shape index (κ1) is 29.3. The van der Waals surface area contributed by atoms with Crippen molar-refractivity contribution < 1.29 is 23.4 Å². The summed E-state index contributed by atoms with van der Waals surface area (Å²) in [5, 5.41) is 15.8. The van der Waals surface area contributed by atoms with E-state index in [1.807, 2.05) is 36.4 Å². The lowest BCUT2D eigenvalue weighted by Crippen LogP contribution is -2.36. The second-order valence-electron chi connectivity index (χ2n) is 7.08. The van der Waals surface area contributed by atoms with E-state index in [9.17, 15) is 13.9 Å². The van der Waals surface area contributed by atoms with E-state index in [1.165, 1.54) is 6.08 Å². The molecule has 3 atom stereocenters. The maximum absolute atomic E-state index is 13.5. The number of hydrogen-bond acceptors (Lipinski definition) is 5. The summed E-state index contributed by atoms with van der Waals surface area (Å²) in [6.07, 6.45) is -0.382. The van der Waals surface area contributed by atoms with Gasteiger partial charge in [0, 0.05) is 9.82 Å². The van der Waals surface area contributed by atoms with Crippen molar-refractivity contribution in [2.75, 3.05) is 13.1 Å². The molecule has 0 radical (unpaired) electrons. The summed E-state index contributed by atoms with van der Waals surface area (Å²) >= 11 is 0. The van der Waals surface area contributed by atoms with E-state index in [0.29, 0.717) is 6.61 Å². The molecule has 2 rings (SSSR count). The van der Waals surface area contributed by atoms with Crippen LogP contribution >= 0.6 is 0 Å². The summed E-state index contributed by atoms with van der Waals surface area (Å²) in [5.41, 5.74) is 18.0. The maximum atomic E-state index is 13.5. The van der Waals surface area contributed by atoms with Crippen molar-refractivity contribution in [3.05, 3.63) is 118 Å². The van der Waals surface area contributed by atoms with Gasteiger partial charge in [0.2, 0.25) is 0 Å². The predicted octanol–water partition coefficient (Wildman–Crippen LogP) is 6.13. The van der Waals surface area contributed by atoms with Crippen LogP contribution in [0.2, 0.25) is 0 Å². The van der Waals surface area contributed by atoms with Crippen molar-refractivity contribution in [3.8, 4) is 0 Å². The van der Waals surface area contributed by atoms with Crippen LogP contribution in [0.3, 0.4) is 0 Å². The fourth-order valence-corrected chi connectivity index (χ4v) is 2.67. The molecule has 0 spiro atoms. The van der Waals surface area contributed by atoms with Crippen molar-refractivity contribution in [2.24, 2.45) is 10.2 Å². The zero-order valence-electron chi connectivity index (χ0n) is 19.1. The molecule has 0 aliphatic rings. The molecular formula is C24H28F2N6O3. The molecule has 0 aliphatic carbocycles. The Balaban J connectivity index is 0.000000351. The van der Waals surface area contributed by atoms with Crippen LogP contribution in [-0.4, -0.2) is 42.4 Å². The molecule has 11 heteroatoms. The van der Waals surface area contributed by atoms with Crippen LogP contribution in [0.25, 0.3) is 20.9 Å². The van der Waals surface area contributed by atoms with Crippen molar-refractivity contribution in [1.82, 2.24) is 0 Å². The summed E-state index contributed by atoms with van der Waals surface area (Å²) in [6, 6.07) is 18.6. The fourth-order valence-electron chi connectivity index (χ4n) is 2.67. The van der Waals surface area contributed by atoms with Crippen LogP contribution in [0.1, 0.15) is 11.1 Å². The van der Waals surface area contributed by atoms with Gasteiger partial charge in [-0.2, -0.15) is 0 Å². The zero-order valence-corrected chi connectivity index (χ0v) is 19.1. The quantitative estimate of drug-likeness (QED) is 0.149. The number of ether oxygens (including phenoxy) is 2. The number of hydrogen-bond donors (Lipinski definition) is 1. The van der Waals surface area contributed by atoms with E-state index in [4.69, 9.17) is 20.5 Å². The number of rotatable bonds is 14. The number of alkyl halides is 2. The first-order valence-electron chi connectivity index (χ1n) is 10.5. The third-order valence-corrected chi connectivity index (χ3v) is 4.48.